The zero-order valence-corrected chi connectivity index (χ0v) is 10.4. The quantitative estimate of drug-likeness (QED) is 0.284. The van der Waals surface area contributed by atoms with E-state index in [0.717, 1.165) is 0 Å². The van der Waals surface area contributed by atoms with Crippen molar-refractivity contribution in [2.24, 2.45) is 5.73 Å². The third-order valence-corrected chi connectivity index (χ3v) is 0.753. The average molecular weight is 198 g/mol. The van der Waals surface area contributed by atoms with Crippen LogP contribution in [-0.4, -0.2) is 24.3 Å². The fourth-order valence-electron chi connectivity index (χ4n) is 0.405. The SMILES string of the molecule is CC(C)(C)OC(=O)OC(=O)CN.[Na+]. The number of hydrogen-bond donors (Lipinski definition) is 1. The largest absolute Gasteiger partial charge is 1.00 e. The Morgan fingerprint density at radius 2 is 1.77 bits per heavy atom. The van der Waals surface area contributed by atoms with Gasteiger partial charge in [0.1, 0.15) is 5.60 Å². The Morgan fingerprint density at radius 3 is 2.08 bits per heavy atom. The van der Waals surface area contributed by atoms with Crippen LogP contribution >= 0.6 is 0 Å². The maximum atomic E-state index is 10.7. The van der Waals surface area contributed by atoms with Crippen LogP contribution < -0.4 is 35.3 Å². The molecule has 0 unspecified atom stereocenters. The van der Waals surface area contributed by atoms with Crippen molar-refractivity contribution in [1.82, 2.24) is 0 Å². The van der Waals surface area contributed by atoms with Crippen LogP contribution in [0.3, 0.4) is 0 Å². The Morgan fingerprint density at radius 1 is 1.31 bits per heavy atom. The normalized spacial score (nSPS) is 9.85. The summed E-state index contributed by atoms with van der Waals surface area (Å²) in [5.41, 5.74) is 4.24. The maximum Gasteiger partial charge on any atom is 1.00 e. The van der Waals surface area contributed by atoms with Crippen molar-refractivity contribution in [3.05, 3.63) is 0 Å². The Labute approximate surface area is 99.2 Å². The number of carbonyl (C=O) groups excluding carboxylic acids is 2. The van der Waals surface area contributed by atoms with E-state index in [1.165, 1.54) is 0 Å². The second-order valence-electron chi connectivity index (χ2n) is 3.14. The zero-order valence-electron chi connectivity index (χ0n) is 8.42. The molecule has 0 rings (SSSR count). The van der Waals surface area contributed by atoms with Gasteiger partial charge >= 0.3 is 41.7 Å². The van der Waals surface area contributed by atoms with Gasteiger partial charge in [-0.05, 0) is 20.8 Å². The molecular formula is C7H13NNaO4+. The molecule has 0 aromatic carbocycles. The van der Waals surface area contributed by atoms with Crippen LogP contribution in [0.2, 0.25) is 0 Å². The molecule has 6 heteroatoms. The van der Waals surface area contributed by atoms with Gasteiger partial charge < -0.3 is 15.2 Å². The average Bonchev–Trinajstić information content (AvgIpc) is 1.82. The number of nitrogens with two attached hydrogens (primary N) is 1. The van der Waals surface area contributed by atoms with Crippen LogP contribution in [0.5, 0.6) is 0 Å². The van der Waals surface area contributed by atoms with Crippen LogP contribution in [-0.2, 0) is 14.3 Å². The van der Waals surface area contributed by atoms with Crippen molar-refractivity contribution in [2.45, 2.75) is 26.4 Å². The van der Waals surface area contributed by atoms with Gasteiger partial charge in [0.05, 0.1) is 6.54 Å². The molecule has 70 valence electrons. The standard InChI is InChI=1S/C7H13NO4.Na/c1-7(2,3)12-6(10)11-5(9)4-8;/h4,8H2,1-3H3;/q;+1. The van der Waals surface area contributed by atoms with E-state index >= 15 is 0 Å². The minimum absolute atomic E-state index is 0. The van der Waals surface area contributed by atoms with Crippen LogP contribution in [0.15, 0.2) is 0 Å². The molecule has 0 saturated carbocycles. The number of hydrogen-bond acceptors (Lipinski definition) is 5. The van der Waals surface area contributed by atoms with Gasteiger partial charge in [0.2, 0.25) is 0 Å². The third kappa shape index (κ3) is 9.82. The first-order valence-electron chi connectivity index (χ1n) is 3.49. The molecule has 0 amide bonds. The molecule has 0 saturated heterocycles. The molecule has 13 heavy (non-hydrogen) atoms. The number of esters is 1. The van der Waals surface area contributed by atoms with Gasteiger partial charge in [-0.15, -0.1) is 0 Å². The van der Waals surface area contributed by atoms with Gasteiger partial charge in [-0.3, -0.25) is 4.79 Å². The fraction of sp³-hybridized carbons (Fsp3) is 0.714. The molecule has 0 heterocycles. The molecule has 0 aliphatic rings. The second-order valence-corrected chi connectivity index (χ2v) is 3.14. The van der Waals surface area contributed by atoms with E-state index in [4.69, 9.17) is 5.73 Å². The molecule has 5 nitrogen and oxygen atoms in total. The molecule has 2 N–H and O–H groups in total. The molecule has 0 spiro atoms. The van der Waals surface area contributed by atoms with Gasteiger partial charge in [-0.25, -0.2) is 4.79 Å². The summed E-state index contributed by atoms with van der Waals surface area (Å²) in [6, 6.07) is 0. The topological polar surface area (TPSA) is 78.6 Å². The summed E-state index contributed by atoms with van der Waals surface area (Å²) >= 11 is 0. The van der Waals surface area contributed by atoms with Gasteiger partial charge in [-0.2, -0.15) is 0 Å². The Hall–Kier alpha value is -0.100. The molecule has 0 aliphatic heterocycles. The molecule has 0 aliphatic carbocycles. The van der Waals surface area contributed by atoms with Crippen molar-refractivity contribution in [3.63, 3.8) is 0 Å². The van der Waals surface area contributed by atoms with Gasteiger partial charge in [0.15, 0.2) is 0 Å². The van der Waals surface area contributed by atoms with E-state index < -0.39 is 17.7 Å². The third-order valence-electron chi connectivity index (χ3n) is 0.753. The monoisotopic (exact) mass is 198 g/mol. The summed E-state index contributed by atoms with van der Waals surface area (Å²) in [6.45, 7) is 4.67. The number of rotatable bonds is 1. The van der Waals surface area contributed by atoms with E-state index in [-0.39, 0.29) is 36.1 Å². The van der Waals surface area contributed by atoms with Gasteiger partial charge in [-0.1, -0.05) is 0 Å². The minimum Gasteiger partial charge on any atom is -0.428 e. The van der Waals surface area contributed by atoms with Crippen molar-refractivity contribution >= 4 is 12.1 Å². The van der Waals surface area contributed by atoms with Gasteiger partial charge in [0.25, 0.3) is 0 Å². The Bertz CT molecular complexity index is 187. The number of ether oxygens (including phenoxy) is 2. The first-order valence-corrected chi connectivity index (χ1v) is 3.49. The number of carbonyl (C=O) groups is 2. The van der Waals surface area contributed by atoms with E-state index in [0.29, 0.717) is 0 Å². The van der Waals surface area contributed by atoms with Crippen LogP contribution in [0.1, 0.15) is 20.8 Å². The smallest absolute Gasteiger partial charge is 0.428 e. The van der Waals surface area contributed by atoms with Crippen LogP contribution in [0, 0.1) is 0 Å². The molecule has 0 radical (unpaired) electrons. The predicted molar refractivity (Wildman–Crippen MR) is 41.4 cm³/mol. The summed E-state index contributed by atoms with van der Waals surface area (Å²) in [5, 5.41) is 0. The van der Waals surface area contributed by atoms with Crippen molar-refractivity contribution < 1.29 is 48.6 Å². The maximum absolute atomic E-state index is 10.7. The van der Waals surface area contributed by atoms with Gasteiger partial charge in [0, 0.05) is 0 Å². The summed E-state index contributed by atoms with van der Waals surface area (Å²) in [5.74, 6) is -0.802. The predicted octanol–water partition coefficient (Wildman–Crippen LogP) is -2.57. The molecule has 0 aromatic rings. The Balaban J connectivity index is 0. The van der Waals surface area contributed by atoms with Crippen LogP contribution in [0.4, 0.5) is 4.79 Å². The summed E-state index contributed by atoms with van der Waals surface area (Å²) < 4.78 is 8.82. The molecule has 0 aromatic heterocycles. The van der Waals surface area contributed by atoms with Crippen molar-refractivity contribution in [3.8, 4) is 0 Å². The van der Waals surface area contributed by atoms with E-state index in [1.54, 1.807) is 20.8 Å². The summed E-state index contributed by atoms with van der Waals surface area (Å²) in [4.78, 5) is 21.2. The van der Waals surface area contributed by atoms with E-state index in [2.05, 4.69) is 9.47 Å². The van der Waals surface area contributed by atoms with Crippen LogP contribution in [0.25, 0.3) is 0 Å². The zero-order chi connectivity index (χ0) is 9.78. The van der Waals surface area contributed by atoms with Crippen molar-refractivity contribution in [1.29, 1.82) is 0 Å². The molecule has 0 bridgehead atoms. The first kappa shape index (κ1) is 15.4. The fourth-order valence-corrected chi connectivity index (χ4v) is 0.405. The summed E-state index contributed by atoms with van der Waals surface area (Å²) in [6.07, 6.45) is -1.02. The second kappa shape index (κ2) is 6.37. The molecular weight excluding hydrogens is 185 g/mol. The summed E-state index contributed by atoms with van der Waals surface area (Å²) in [7, 11) is 0. The van der Waals surface area contributed by atoms with Crippen molar-refractivity contribution in [2.75, 3.05) is 6.54 Å². The molecule has 0 atom stereocenters. The minimum atomic E-state index is -1.02. The molecule has 0 fully saturated rings. The first-order chi connectivity index (χ1) is 5.35. The van der Waals surface area contributed by atoms with E-state index in [9.17, 15) is 9.59 Å². The van der Waals surface area contributed by atoms with E-state index in [1.807, 2.05) is 0 Å². The Kier molecular flexibility index (Phi) is 7.53.